The molecule has 2 rings (SSSR count). The first-order valence-electron chi connectivity index (χ1n) is 7.62. The highest BCUT2D eigenvalue weighted by Gasteiger charge is 2.24. The van der Waals surface area contributed by atoms with Crippen LogP contribution in [0, 0.1) is 0 Å². The topological polar surface area (TPSA) is 63.6 Å². The fraction of sp³-hybridized carbons (Fsp3) is 0.263. The Labute approximate surface area is 135 Å². The molecule has 0 saturated heterocycles. The van der Waals surface area contributed by atoms with Crippen LogP contribution < -0.4 is 0 Å². The fourth-order valence-electron chi connectivity index (χ4n) is 2.56. The molecule has 0 heterocycles. The molecular formula is C19H20O4. The summed E-state index contributed by atoms with van der Waals surface area (Å²) < 4.78 is 5.59. The summed E-state index contributed by atoms with van der Waals surface area (Å²) >= 11 is 0. The van der Waals surface area contributed by atoms with E-state index >= 15 is 0 Å². The van der Waals surface area contributed by atoms with Gasteiger partial charge in [0.1, 0.15) is 6.10 Å². The van der Waals surface area contributed by atoms with Crippen molar-refractivity contribution in [2.24, 2.45) is 0 Å². The third-order valence-corrected chi connectivity index (χ3v) is 3.92. The number of esters is 1. The Kier molecular flexibility index (Phi) is 5.52. The first-order chi connectivity index (χ1) is 11.0. The molecule has 2 aromatic carbocycles. The number of hydrogen-bond donors (Lipinski definition) is 1. The number of hydrogen-bond acceptors (Lipinski definition) is 3. The van der Waals surface area contributed by atoms with Gasteiger partial charge in [0, 0.05) is 5.92 Å². The molecule has 4 heteroatoms. The molecule has 23 heavy (non-hydrogen) atoms. The number of benzene rings is 2. The van der Waals surface area contributed by atoms with Gasteiger partial charge in [0.05, 0.1) is 11.1 Å². The maximum atomic E-state index is 12.4. The predicted molar refractivity (Wildman–Crippen MR) is 87.8 cm³/mol. The van der Waals surface area contributed by atoms with E-state index in [0.717, 1.165) is 5.56 Å². The zero-order chi connectivity index (χ0) is 16.8. The van der Waals surface area contributed by atoms with E-state index < -0.39 is 11.9 Å². The summed E-state index contributed by atoms with van der Waals surface area (Å²) in [5.74, 6) is -1.71. The van der Waals surface area contributed by atoms with Crippen molar-refractivity contribution >= 4 is 11.9 Å². The number of carbonyl (C=O) groups is 2. The smallest absolute Gasteiger partial charge is 0.339 e. The summed E-state index contributed by atoms with van der Waals surface area (Å²) in [6, 6.07) is 15.9. The Hall–Kier alpha value is -2.62. The lowest BCUT2D eigenvalue weighted by Crippen LogP contribution is -2.24. The lowest BCUT2D eigenvalue weighted by atomic mass is 9.93. The van der Waals surface area contributed by atoms with Gasteiger partial charge < -0.3 is 9.84 Å². The molecule has 0 aromatic heterocycles. The van der Waals surface area contributed by atoms with Crippen molar-refractivity contribution in [1.82, 2.24) is 0 Å². The highest BCUT2D eigenvalue weighted by molar-refractivity contribution is 6.02. The standard InChI is InChI=1S/C19H20O4/c1-3-17(13(2)14-9-5-4-6-10-14)23-19(22)16-12-8-7-11-15(16)18(20)21/h4-13,17H,3H2,1-2H3,(H,20,21)/t13-,17-/m1/s1. The Morgan fingerprint density at radius 3 is 2.13 bits per heavy atom. The quantitative estimate of drug-likeness (QED) is 0.815. The van der Waals surface area contributed by atoms with Crippen molar-refractivity contribution in [2.75, 3.05) is 0 Å². The van der Waals surface area contributed by atoms with Gasteiger partial charge in [-0.05, 0) is 24.1 Å². The highest BCUT2D eigenvalue weighted by atomic mass is 16.5. The summed E-state index contributed by atoms with van der Waals surface area (Å²) in [5.41, 5.74) is 1.12. The summed E-state index contributed by atoms with van der Waals surface area (Å²) in [5, 5.41) is 9.19. The zero-order valence-electron chi connectivity index (χ0n) is 13.2. The van der Waals surface area contributed by atoms with Crippen LogP contribution in [0.2, 0.25) is 0 Å². The van der Waals surface area contributed by atoms with Crippen LogP contribution in [0.5, 0.6) is 0 Å². The van der Waals surface area contributed by atoms with Crippen molar-refractivity contribution in [3.8, 4) is 0 Å². The van der Waals surface area contributed by atoms with Crippen LogP contribution in [-0.4, -0.2) is 23.1 Å². The van der Waals surface area contributed by atoms with Crippen molar-refractivity contribution < 1.29 is 19.4 Å². The normalized spacial score (nSPS) is 13.1. The molecule has 0 saturated carbocycles. The van der Waals surface area contributed by atoms with Crippen molar-refractivity contribution in [2.45, 2.75) is 32.3 Å². The van der Waals surface area contributed by atoms with E-state index in [0.29, 0.717) is 6.42 Å². The molecule has 0 amide bonds. The SMILES string of the molecule is CC[C@@H](OC(=O)c1ccccc1C(=O)O)[C@H](C)c1ccccc1. The highest BCUT2D eigenvalue weighted by Crippen LogP contribution is 2.25. The lowest BCUT2D eigenvalue weighted by molar-refractivity contribution is 0.0232. The number of rotatable bonds is 6. The fourth-order valence-corrected chi connectivity index (χ4v) is 2.56. The van der Waals surface area contributed by atoms with E-state index in [1.165, 1.54) is 12.1 Å². The van der Waals surface area contributed by atoms with Crippen molar-refractivity contribution in [3.63, 3.8) is 0 Å². The number of carboxylic acid groups (broad SMARTS) is 1. The van der Waals surface area contributed by atoms with Crippen LogP contribution in [0.15, 0.2) is 54.6 Å². The second-order valence-electron chi connectivity index (χ2n) is 5.40. The van der Waals surface area contributed by atoms with Gasteiger partial charge in [-0.1, -0.05) is 56.3 Å². The summed E-state index contributed by atoms with van der Waals surface area (Å²) in [6.45, 7) is 3.94. The average molecular weight is 312 g/mol. The van der Waals surface area contributed by atoms with Crippen LogP contribution in [0.1, 0.15) is 52.5 Å². The molecule has 2 atom stereocenters. The number of carboxylic acids is 1. The van der Waals surface area contributed by atoms with Crippen molar-refractivity contribution in [1.29, 1.82) is 0 Å². The summed E-state index contributed by atoms with van der Waals surface area (Å²) in [4.78, 5) is 23.6. The Balaban J connectivity index is 2.19. The molecule has 0 unspecified atom stereocenters. The largest absolute Gasteiger partial charge is 0.478 e. The molecule has 0 aliphatic rings. The first kappa shape index (κ1) is 16.7. The molecule has 0 radical (unpaired) electrons. The molecule has 0 aliphatic heterocycles. The summed E-state index contributed by atoms with van der Waals surface area (Å²) in [7, 11) is 0. The minimum absolute atomic E-state index is 0.0298. The van der Waals surface area contributed by atoms with Gasteiger partial charge in [-0.25, -0.2) is 9.59 Å². The summed E-state index contributed by atoms with van der Waals surface area (Å²) in [6.07, 6.45) is 0.337. The van der Waals surface area contributed by atoms with Gasteiger partial charge in [0.25, 0.3) is 0 Å². The Bertz CT molecular complexity index is 679. The first-order valence-corrected chi connectivity index (χ1v) is 7.62. The van der Waals surface area contributed by atoms with Crippen LogP contribution >= 0.6 is 0 Å². The van der Waals surface area contributed by atoms with Crippen LogP contribution in [0.25, 0.3) is 0 Å². The number of carbonyl (C=O) groups excluding carboxylic acids is 1. The maximum absolute atomic E-state index is 12.4. The van der Waals surface area contributed by atoms with Crippen LogP contribution in [0.4, 0.5) is 0 Å². The van der Waals surface area contributed by atoms with E-state index in [2.05, 4.69) is 0 Å². The molecule has 120 valence electrons. The predicted octanol–water partition coefficient (Wildman–Crippen LogP) is 4.12. The van der Waals surface area contributed by atoms with E-state index in [4.69, 9.17) is 4.74 Å². The molecule has 2 aromatic rings. The monoisotopic (exact) mass is 312 g/mol. The Morgan fingerprint density at radius 2 is 1.57 bits per heavy atom. The molecular weight excluding hydrogens is 292 g/mol. The second-order valence-corrected chi connectivity index (χ2v) is 5.40. The minimum Gasteiger partial charge on any atom is -0.478 e. The Morgan fingerprint density at radius 1 is 1.00 bits per heavy atom. The third-order valence-electron chi connectivity index (χ3n) is 3.92. The molecule has 0 bridgehead atoms. The van der Waals surface area contributed by atoms with Crippen LogP contribution in [0.3, 0.4) is 0 Å². The van der Waals surface area contributed by atoms with Gasteiger partial charge in [0.15, 0.2) is 0 Å². The van der Waals surface area contributed by atoms with Gasteiger partial charge in [0.2, 0.25) is 0 Å². The minimum atomic E-state index is -1.14. The molecule has 1 N–H and O–H groups in total. The maximum Gasteiger partial charge on any atom is 0.339 e. The van der Waals surface area contributed by atoms with Gasteiger partial charge in [-0.2, -0.15) is 0 Å². The van der Waals surface area contributed by atoms with Crippen molar-refractivity contribution in [3.05, 3.63) is 71.3 Å². The molecule has 0 fully saturated rings. The van der Waals surface area contributed by atoms with Gasteiger partial charge in [-0.15, -0.1) is 0 Å². The average Bonchev–Trinajstić information content (AvgIpc) is 2.59. The molecule has 4 nitrogen and oxygen atoms in total. The van der Waals surface area contributed by atoms with E-state index in [-0.39, 0.29) is 23.1 Å². The molecule has 0 aliphatic carbocycles. The van der Waals surface area contributed by atoms with E-state index in [1.807, 2.05) is 44.2 Å². The second kappa shape index (κ2) is 7.58. The van der Waals surface area contributed by atoms with E-state index in [9.17, 15) is 14.7 Å². The van der Waals surface area contributed by atoms with Crippen LogP contribution in [-0.2, 0) is 4.74 Å². The number of ether oxygens (including phenoxy) is 1. The van der Waals surface area contributed by atoms with Gasteiger partial charge in [-0.3, -0.25) is 0 Å². The van der Waals surface area contributed by atoms with E-state index in [1.54, 1.807) is 12.1 Å². The number of aromatic carboxylic acids is 1. The zero-order valence-corrected chi connectivity index (χ0v) is 13.2. The van der Waals surface area contributed by atoms with Gasteiger partial charge >= 0.3 is 11.9 Å². The third kappa shape index (κ3) is 3.97. The molecule has 0 spiro atoms. The lowest BCUT2D eigenvalue weighted by Gasteiger charge is -2.23.